The minimum Gasteiger partial charge on any atom is -0.497 e. The molecule has 0 spiro atoms. The highest BCUT2D eigenvalue weighted by atomic mass is 16.5. The van der Waals surface area contributed by atoms with E-state index < -0.39 is 0 Å². The summed E-state index contributed by atoms with van der Waals surface area (Å²) in [4.78, 5) is 16.7. The predicted molar refractivity (Wildman–Crippen MR) is 58.7 cm³/mol. The summed E-state index contributed by atoms with van der Waals surface area (Å²) in [7, 11) is 1.62. The van der Waals surface area contributed by atoms with Crippen molar-refractivity contribution in [2.24, 2.45) is 4.99 Å². The van der Waals surface area contributed by atoms with Crippen molar-refractivity contribution in [2.75, 3.05) is 25.1 Å². The van der Waals surface area contributed by atoms with Gasteiger partial charge in [-0.1, -0.05) is 6.07 Å². The molecule has 1 heterocycles. The van der Waals surface area contributed by atoms with Gasteiger partial charge in [-0.15, -0.1) is 0 Å². The van der Waals surface area contributed by atoms with Gasteiger partial charge in [0.1, 0.15) is 5.75 Å². The number of hydrogen-bond donors (Lipinski definition) is 0. The lowest BCUT2D eigenvalue weighted by Gasteiger charge is -2.17. The van der Waals surface area contributed by atoms with Crippen LogP contribution in [-0.2, 0) is 4.79 Å². The quantitative estimate of drug-likeness (QED) is 0.693. The first-order valence-corrected chi connectivity index (χ1v) is 4.76. The number of aldehydes is 1. The number of carbonyl (C=O) groups excluding carboxylic acids is 1. The van der Waals surface area contributed by atoms with Crippen LogP contribution in [0.15, 0.2) is 29.3 Å². The van der Waals surface area contributed by atoms with Crippen LogP contribution >= 0.6 is 0 Å². The van der Waals surface area contributed by atoms with Crippen LogP contribution < -0.4 is 9.64 Å². The van der Waals surface area contributed by atoms with E-state index in [1.165, 1.54) is 0 Å². The maximum Gasteiger partial charge on any atom is 0.185 e. The van der Waals surface area contributed by atoms with Gasteiger partial charge in [-0.2, -0.15) is 0 Å². The lowest BCUT2D eigenvalue weighted by Crippen LogP contribution is -2.28. The first-order chi connectivity index (χ1) is 7.35. The van der Waals surface area contributed by atoms with Crippen LogP contribution in [0.5, 0.6) is 5.75 Å². The topological polar surface area (TPSA) is 41.9 Å². The number of amidine groups is 1. The Kier molecular flexibility index (Phi) is 2.67. The highest BCUT2D eigenvalue weighted by Gasteiger charge is 2.17. The van der Waals surface area contributed by atoms with Crippen molar-refractivity contribution >= 4 is 17.8 Å². The van der Waals surface area contributed by atoms with Crippen molar-refractivity contribution in [2.45, 2.75) is 0 Å². The molecule has 0 bridgehead atoms. The normalized spacial score (nSPS) is 15.0. The number of nitrogens with zero attached hydrogens (tertiary/aromatic N) is 2. The zero-order valence-corrected chi connectivity index (χ0v) is 8.51. The molecular weight excluding hydrogens is 192 g/mol. The van der Waals surface area contributed by atoms with E-state index in [4.69, 9.17) is 4.74 Å². The fraction of sp³-hybridized carbons (Fsp3) is 0.273. The van der Waals surface area contributed by atoms with Crippen molar-refractivity contribution in [3.63, 3.8) is 0 Å². The van der Waals surface area contributed by atoms with E-state index >= 15 is 0 Å². The average Bonchev–Trinajstić information content (AvgIpc) is 2.77. The van der Waals surface area contributed by atoms with Crippen molar-refractivity contribution in [1.82, 2.24) is 0 Å². The Morgan fingerprint density at radius 2 is 2.40 bits per heavy atom. The Bertz CT molecular complexity index is 401. The highest BCUT2D eigenvalue weighted by molar-refractivity contribution is 6.34. The van der Waals surface area contributed by atoms with Crippen LogP contribution in [0.4, 0.5) is 5.69 Å². The number of ether oxygens (including phenoxy) is 1. The maximum atomic E-state index is 10.7. The molecule has 0 saturated carbocycles. The minimum atomic E-state index is 0.489. The Hall–Kier alpha value is -1.84. The molecule has 0 aliphatic carbocycles. The molecule has 0 fully saturated rings. The smallest absolute Gasteiger partial charge is 0.185 e. The van der Waals surface area contributed by atoms with E-state index in [2.05, 4.69) is 4.99 Å². The molecule has 1 aromatic carbocycles. The Balaban J connectivity index is 2.29. The zero-order valence-electron chi connectivity index (χ0n) is 8.51. The Labute approximate surface area is 88.2 Å². The second kappa shape index (κ2) is 4.13. The zero-order chi connectivity index (χ0) is 10.7. The summed E-state index contributed by atoms with van der Waals surface area (Å²) in [6.45, 7) is 1.42. The van der Waals surface area contributed by atoms with Gasteiger partial charge in [0.2, 0.25) is 0 Å². The van der Waals surface area contributed by atoms with Crippen molar-refractivity contribution in [1.29, 1.82) is 0 Å². The van der Waals surface area contributed by atoms with Crippen LogP contribution in [0.25, 0.3) is 0 Å². The number of rotatable bonds is 3. The van der Waals surface area contributed by atoms with Crippen LogP contribution in [-0.4, -0.2) is 32.3 Å². The number of anilines is 1. The number of hydrogen-bond acceptors (Lipinski definition) is 4. The van der Waals surface area contributed by atoms with Gasteiger partial charge in [-0.25, -0.2) is 0 Å². The molecule has 1 aromatic rings. The second-order valence-electron chi connectivity index (χ2n) is 3.21. The molecule has 0 N–H and O–H groups in total. The number of benzene rings is 1. The molecule has 15 heavy (non-hydrogen) atoms. The molecule has 4 nitrogen and oxygen atoms in total. The molecule has 4 heteroatoms. The minimum absolute atomic E-state index is 0.489. The van der Waals surface area contributed by atoms with Gasteiger partial charge in [-0.05, 0) is 12.1 Å². The van der Waals surface area contributed by atoms with Gasteiger partial charge in [0, 0.05) is 18.3 Å². The van der Waals surface area contributed by atoms with E-state index in [0.29, 0.717) is 12.4 Å². The van der Waals surface area contributed by atoms with Crippen LogP contribution in [0.1, 0.15) is 0 Å². The van der Waals surface area contributed by atoms with Gasteiger partial charge < -0.3 is 9.64 Å². The standard InChI is InChI=1S/C11H12N2O2/c1-15-10-4-2-3-9(7-10)13-6-5-12-11(13)8-14/h2-4,7-8H,5-6H2,1H3. The van der Waals surface area contributed by atoms with Crippen molar-refractivity contribution in [3.8, 4) is 5.75 Å². The van der Waals surface area contributed by atoms with E-state index in [9.17, 15) is 4.79 Å². The molecule has 78 valence electrons. The van der Waals surface area contributed by atoms with Gasteiger partial charge >= 0.3 is 0 Å². The summed E-state index contributed by atoms with van der Waals surface area (Å²) in [5.41, 5.74) is 0.942. The molecule has 0 aromatic heterocycles. The maximum absolute atomic E-state index is 10.7. The molecule has 0 saturated heterocycles. The summed E-state index contributed by atoms with van der Waals surface area (Å²) in [5.74, 6) is 1.27. The van der Waals surface area contributed by atoms with Crippen LogP contribution in [0.3, 0.4) is 0 Å². The Morgan fingerprint density at radius 3 is 3.13 bits per heavy atom. The largest absolute Gasteiger partial charge is 0.497 e. The number of methoxy groups -OCH3 is 1. The Morgan fingerprint density at radius 1 is 1.53 bits per heavy atom. The number of aliphatic imine (C=N–C) groups is 1. The molecule has 0 unspecified atom stereocenters. The molecule has 0 radical (unpaired) electrons. The third kappa shape index (κ3) is 1.83. The average molecular weight is 204 g/mol. The fourth-order valence-electron chi connectivity index (χ4n) is 1.61. The summed E-state index contributed by atoms with van der Waals surface area (Å²) >= 11 is 0. The molecule has 0 amide bonds. The summed E-state index contributed by atoms with van der Waals surface area (Å²) in [6.07, 6.45) is 0.784. The first-order valence-electron chi connectivity index (χ1n) is 4.76. The summed E-state index contributed by atoms with van der Waals surface area (Å²) < 4.78 is 5.13. The van der Waals surface area contributed by atoms with Gasteiger partial charge in [0.15, 0.2) is 12.1 Å². The number of carbonyl (C=O) groups is 1. The van der Waals surface area contributed by atoms with E-state index in [-0.39, 0.29) is 0 Å². The van der Waals surface area contributed by atoms with Gasteiger partial charge in [-0.3, -0.25) is 9.79 Å². The monoisotopic (exact) mass is 204 g/mol. The van der Waals surface area contributed by atoms with E-state index in [0.717, 1.165) is 24.3 Å². The second-order valence-corrected chi connectivity index (χ2v) is 3.21. The third-order valence-corrected chi connectivity index (χ3v) is 2.34. The van der Waals surface area contributed by atoms with E-state index in [1.807, 2.05) is 29.2 Å². The van der Waals surface area contributed by atoms with Crippen molar-refractivity contribution in [3.05, 3.63) is 24.3 Å². The summed E-state index contributed by atoms with van der Waals surface area (Å²) in [6, 6.07) is 7.60. The molecule has 0 atom stereocenters. The van der Waals surface area contributed by atoms with Crippen molar-refractivity contribution < 1.29 is 9.53 Å². The molecular formula is C11H12N2O2. The first kappa shape index (κ1) is 9.71. The van der Waals surface area contributed by atoms with Gasteiger partial charge in [0.05, 0.1) is 13.7 Å². The predicted octanol–water partition coefficient (Wildman–Crippen LogP) is 1.11. The lowest BCUT2D eigenvalue weighted by molar-refractivity contribution is -0.102. The van der Waals surface area contributed by atoms with E-state index in [1.54, 1.807) is 7.11 Å². The molecule has 2 rings (SSSR count). The molecule has 1 aliphatic heterocycles. The molecule has 1 aliphatic rings. The third-order valence-electron chi connectivity index (χ3n) is 2.34. The highest BCUT2D eigenvalue weighted by Crippen LogP contribution is 2.22. The van der Waals surface area contributed by atoms with Crippen LogP contribution in [0, 0.1) is 0 Å². The fourth-order valence-corrected chi connectivity index (χ4v) is 1.61. The summed E-state index contributed by atoms with van der Waals surface area (Å²) in [5, 5.41) is 0. The lowest BCUT2D eigenvalue weighted by atomic mass is 10.2. The van der Waals surface area contributed by atoms with Crippen LogP contribution in [0.2, 0.25) is 0 Å². The SMILES string of the molecule is COc1cccc(N2CCN=C2C=O)c1. The van der Waals surface area contributed by atoms with Gasteiger partial charge in [0.25, 0.3) is 0 Å².